The number of aromatic nitrogens is 2. The number of hydrogen-bond acceptors (Lipinski definition) is 6. The van der Waals surface area contributed by atoms with Gasteiger partial charge in [0.25, 0.3) is 0 Å². The average Bonchev–Trinajstić information content (AvgIpc) is 2.63. The van der Waals surface area contributed by atoms with Gasteiger partial charge in [0, 0.05) is 51.5 Å². The van der Waals surface area contributed by atoms with Gasteiger partial charge in [0.2, 0.25) is 11.9 Å². The van der Waals surface area contributed by atoms with Gasteiger partial charge in [0.1, 0.15) is 6.61 Å². The molecular formula is C16H24F3N5O2. The summed E-state index contributed by atoms with van der Waals surface area (Å²) in [6.07, 6.45) is -0.174. The first-order valence-corrected chi connectivity index (χ1v) is 8.59. The number of halogens is 3. The van der Waals surface area contributed by atoms with Gasteiger partial charge in [-0.05, 0) is 19.0 Å². The standard InChI is InChI=1S/C16H24F3N5O2/c17-16(18,19)13-26-12-3-14(25)20-6-2-7-23-8-10-24(11-9-23)15-21-4-1-5-22-15/h1,4-5H,2-3,6-13H2,(H,20,25). The third-order valence-electron chi connectivity index (χ3n) is 3.92. The second-order valence-corrected chi connectivity index (χ2v) is 6.00. The first kappa shape index (κ1) is 20.4. The molecule has 1 aliphatic heterocycles. The Kier molecular flexibility index (Phi) is 8.05. The van der Waals surface area contributed by atoms with Gasteiger partial charge in [-0.15, -0.1) is 0 Å². The summed E-state index contributed by atoms with van der Waals surface area (Å²) < 4.78 is 40.1. The highest BCUT2D eigenvalue weighted by atomic mass is 19.4. The smallest absolute Gasteiger partial charge is 0.372 e. The summed E-state index contributed by atoms with van der Waals surface area (Å²) in [6, 6.07) is 1.79. The molecule has 0 spiro atoms. The Morgan fingerprint density at radius 1 is 1.19 bits per heavy atom. The van der Waals surface area contributed by atoms with Gasteiger partial charge in [-0.2, -0.15) is 13.2 Å². The molecule has 0 saturated carbocycles. The van der Waals surface area contributed by atoms with Gasteiger partial charge in [-0.3, -0.25) is 9.69 Å². The lowest BCUT2D eigenvalue weighted by Gasteiger charge is -2.34. The summed E-state index contributed by atoms with van der Waals surface area (Å²) >= 11 is 0. The minimum atomic E-state index is -4.35. The van der Waals surface area contributed by atoms with E-state index in [2.05, 4.69) is 29.8 Å². The molecule has 0 aliphatic carbocycles. The van der Waals surface area contributed by atoms with Crippen LogP contribution in [0.2, 0.25) is 0 Å². The van der Waals surface area contributed by atoms with E-state index in [9.17, 15) is 18.0 Å². The number of nitrogens with zero attached hydrogens (tertiary/aromatic N) is 4. The Morgan fingerprint density at radius 2 is 1.88 bits per heavy atom. The van der Waals surface area contributed by atoms with E-state index in [-0.39, 0.29) is 18.9 Å². The molecule has 1 fully saturated rings. The molecule has 0 radical (unpaired) electrons. The predicted octanol–water partition coefficient (Wildman–Crippen LogP) is 1.07. The largest absolute Gasteiger partial charge is 0.411 e. The van der Waals surface area contributed by atoms with Crippen molar-refractivity contribution in [1.82, 2.24) is 20.2 Å². The normalized spacial score (nSPS) is 15.9. The zero-order valence-electron chi connectivity index (χ0n) is 14.5. The predicted molar refractivity (Wildman–Crippen MR) is 89.8 cm³/mol. The van der Waals surface area contributed by atoms with Crippen LogP contribution in [-0.4, -0.2) is 79.4 Å². The van der Waals surface area contributed by atoms with Crippen LogP contribution in [0.4, 0.5) is 19.1 Å². The molecule has 146 valence electrons. The van der Waals surface area contributed by atoms with Crippen LogP contribution < -0.4 is 10.2 Å². The number of ether oxygens (including phenoxy) is 1. The van der Waals surface area contributed by atoms with E-state index in [0.717, 1.165) is 45.1 Å². The second kappa shape index (κ2) is 10.3. The topological polar surface area (TPSA) is 70.6 Å². The molecule has 0 aromatic carbocycles. The van der Waals surface area contributed by atoms with Crippen LogP contribution in [0.1, 0.15) is 12.8 Å². The van der Waals surface area contributed by atoms with Crippen LogP contribution in [0, 0.1) is 0 Å². The molecule has 2 rings (SSSR count). The lowest BCUT2D eigenvalue weighted by atomic mass is 10.3. The van der Waals surface area contributed by atoms with E-state index >= 15 is 0 Å². The van der Waals surface area contributed by atoms with Crippen LogP contribution in [0.3, 0.4) is 0 Å². The van der Waals surface area contributed by atoms with Gasteiger partial charge < -0.3 is 15.0 Å². The number of hydrogen-bond donors (Lipinski definition) is 1. The summed E-state index contributed by atoms with van der Waals surface area (Å²) in [5.74, 6) is 0.449. The molecular weight excluding hydrogens is 351 g/mol. The van der Waals surface area contributed by atoms with Crippen molar-refractivity contribution in [2.75, 3.05) is 57.4 Å². The van der Waals surface area contributed by atoms with E-state index in [1.54, 1.807) is 18.5 Å². The van der Waals surface area contributed by atoms with E-state index in [1.807, 2.05) is 0 Å². The Balaban J connectivity index is 1.50. The third-order valence-corrected chi connectivity index (χ3v) is 3.92. The van der Waals surface area contributed by atoms with E-state index in [4.69, 9.17) is 0 Å². The maximum Gasteiger partial charge on any atom is 0.411 e. The Bertz CT molecular complexity index is 536. The summed E-state index contributed by atoms with van der Waals surface area (Å²) in [6.45, 7) is 3.32. The number of carbonyl (C=O) groups is 1. The van der Waals surface area contributed by atoms with Crippen LogP contribution in [0.25, 0.3) is 0 Å². The quantitative estimate of drug-likeness (QED) is 0.652. The van der Waals surface area contributed by atoms with Gasteiger partial charge in [0.05, 0.1) is 6.61 Å². The van der Waals surface area contributed by atoms with Gasteiger partial charge in [-0.1, -0.05) is 0 Å². The van der Waals surface area contributed by atoms with Crippen molar-refractivity contribution in [2.45, 2.75) is 19.0 Å². The Hall–Kier alpha value is -1.94. The number of carbonyl (C=O) groups excluding carboxylic acids is 1. The van der Waals surface area contributed by atoms with Crippen molar-refractivity contribution in [2.24, 2.45) is 0 Å². The molecule has 0 unspecified atom stereocenters. The van der Waals surface area contributed by atoms with Crippen LogP contribution >= 0.6 is 0 Å². The Morgan fingerprint density at radius 3 is 2.54 bits per heavy atom. The SMILES string of the molecule is O=C(CCOCC(F)(F)F)NCCCN1CCN(c2ncccn2)CC1. The number of rotatable bonds is 9. The van der Waals surface area contributed by atoms with E-state index < -0.39 is 12.8 Å². The number of nitrogens with one attached hydrogen (secondary N) is 1. The van der Waals surface area contributed by atoms with Crippen LogP contribution in [0.5, 0.6) is 0 Å². The molecule has 2 heterocycles. The molecule has 1 aromatic heterocycles. The lowest BCUT2D eigenvalue weighted by Crippen LogP contribution is -2.47. The summed E-state index contributed by atoms with van der Waals surface area (Å²) in [4.78, 5) is 24.4. The van der Waals surface area contributed by atoms with Gasteiger partial charge in [-0.25, -0.2) is 9.97 Å². The summed E-state index contributed by atoms with van der Waals surface area (Å²) in [7, 11) is 0. The number of amides is 1. The fraction of sp³-hybridized carbons (Fsp3) is 0.688. The second-order valence-electron chi connectivity index (χ2n) is 6.00. The minimum absolute atomic E-state index is 0.0637. The minimum Gasteiger partial charge on any atom is -0.372 e. The molecule has 7 nitrogen and oxygen atoms in total. The number of piperazine rings is 1. The van der Waals surface area contributed by atoms with Crippen molar-refractivity contribution in [3.8, 4) is 0 Å². The molecule has 1 saturated heterocycles. The van der Waals surface area contributed by atoms with Crippen molar-refractivity contribution < 1.29 is 22.7 Å². The molecule has 0 atom stereocenters. The van der Waals surface area contributed by atoms with Gasteiger partial charge in [0.15, 0.2) is 0 Å². The molecule has 1 amide bonds. The maximum atomic E-state index is 11.9. The average molecular weight is 375 g/mol. The van der Waals surface area contributed by atoms with Crippen molar-refractivity contribution >= 4 is 11.9 Å². The summed E-state index contributed by atoms with van der Waals surface area (Å²) in [5, 5.41) is 2.70. The molecule has 0 bridgehead atoms. The molecule has 1 aliphatic rings. The van der Waals surface area contributed by atoms with E-state index in [0.29, 0.717) is 6.54 Å². The number of alkyl halides is 3. The Labute approximate surface area is 150 Å². The molecule has 26 heavy (non-hydrogen) atoms. The van der Waals surface area contributed by atoms with Crippen molar-refractivity contribution in [3.63, 3.8) is 0 Å². The summed E-state index contributed by atoms with van der Waals surface area (Å²) in [5.41, 5.74) is 0. The van der Waals surface area contributed by atoms with Crippen molar-refractivity contribution in [1.29, 1.82) is 0 Å². The van der Waals surface area contributed by atoms with Crippen LogP contribution in [-0.2, 0) is 9.53 Å². The third kappa shape index (κ3) is 7.96. The molecule has 1 N–H and O–H groups in total. The number of anilines is 1. The van der Waals surface area contributed by atoms with Crippen molar-refractivity contribution in [3.05, 3.63) is 18.5 Å². The highest BCUT2D eigenvalue weighted by Crippen LogP contribution is 2.14. The molecule has 10 heteroatoms. The zero-order valence-corrected chi connectivity index (χ0v) is 14.5. The van der Waals surface area contributed by atoms with Crippen LogP contribution in [0.15, 0.2) is 18.5 Å². The highest BCUT2D eigenvalue weighted by Gasteiger charge is 2.27. The fourth-order valence-corrected chi connectivity index (χ4v) is 2.60. The monoisotopic (exact) mass is 375 g/mol. The fourth-order valence-electron chi connectivity index (χ4n) is 2.60. The van der Waals surface area contributed by atoms with E-state index in [1.165, 1.54) is 0 Å². The lowest BCUT2D eigenvalue weighted by molar-refractivity contribution is -0.174. The highest BCUT2D eigenvalue weighted by molar-refractivity contribution is 5.75. The first-order valence-electron chi connectivity index (χ1n) is 8.59. The first-order chi connectivity index (χ1) is 12.4. The molecule has 1 aromatic rings. The zero-order chi connectivity index (χ0) is 18.8. The van der Waals surface area contributed by atoms with Gasteiger partial charge >= 0.3 is 6.18 Å². The maximum absolute atomic E-state index is 11.9.